The number of hydrogen-bond acceptors (Lipinski definition) is 5. The lowest BCUT2D eigenvalue weighted by Crippen LogP contribution is -2.25. The second-order valence-corrected chi connectivity index (χ2v) is 8.05. The first-order valence-corrected chi connectivity index (χ1v) is 10.3. The SMILES string of the molecule is COC(=O)c1ccc(CS(=O)(=O)NCc2ccccc2-n2ccnc2C)cc1. The average molecular weight is 399 g/mol. The highest BCUT2D eigenvalue weighted by atomic mass is 32.2. The molecule has 2 aromatic carbocycles. The van der Waals surface area contributed by atoms with Gasteiger partial charge in [0.05, 0.1) is 24.1 Å². The Labute approximate surface area is 164 Å². The lowest BCUT2D eigenvalue weighted by molar-refractivity contribution is 0.0600. The fourth-order valence-corrected chi connectivity index (χ4v) is 3.95. The fraction of sp³-hybridized carbons (Fsp3) is 0.200. The number of methoxy groups -OCH3 is 1. The third-order valence-corrected chi connectivity index (χ3v) is 5.59. The summed E-state index contributed by atoms with van der Waals surface area (Å²) in [5, 5.41) is 0. The highest BCUT2D eigenvalue weighted by molar-refractivity contribution is 7.88. The Balaban J connectivity index is 1.71. The van der Waals surface area contributed by atoms with Crippen LogP contribution in [0.25, 0.3) is 5.69 Å². The number of imidazole rings is 1. The number of rotatable bonds is 7. The molecule has 1 heterocycles. The van der Waals surface area contributed by atoms with E-state index in [1.54, 1.807) is 30.5 Å². The normalized spacial score (nSPS) is 11.4. The van der Waals surface area contributed by atoms with E-state index in [1.165, 1.54) is 7.11 Å². The van der Waals surface area contributed by atoms with Gasteiger partial charge in [-0.2, -0.15) is 0 Å². The quantitative estimate of drug-likeness (QED) is 0.617. The molecule has 0 aliphatic heterocycles. The Hall–Kier alpha value is -2.97. The van der Waals surface area contributed by atoms with E-state index in [0.29, 0.717) is 11.1 Å². The van der Waals surface area contributed by atoms with Crippen LogP contribution < -0.4 is 4.72 Å². The number of hydrogen-bond donors (Lipinski definition) is 1. The minimum atomic E-state index is -3.56. The van der Waals surface area contributed by atoms with E-state index >= 15 is 0 Å². The number of sulfonamides is 1. The van der Waals surface area contributed by atoms with Gasteiger partial charge in [0.25, 0.3) is 0 Å². The number of para-hydroxylation sites is 1. The van der Waals surface area contributed by atoms with Gasteiger partial charge in [0, 0.05) is 18.9 Å². The molecule has 0 fully saturated rings. The minimum Gasteiger partial charge on any atom is -0.465 e. The first-order valence-electron chi connectivity index (χ1n) is 8.62. The molecule has 0 saturated heterocycles. The third kappa shape index (κ3) is 4.65. The van der Waals surface area contributed by atoms with Crippen molar-refractivity contribution in [2.75, 3.05) is 7.11 Å². The Morgan fingerprint density at radius 3 is 2.50 bits per heavy atom. The summed E-state index contributed by atoms with van der Waals surface area (Å²) in [6.07, 6.45) is 3.54. The molecular weight excluding hydrogens is 378 g/mol. The van der Waals surface area contributed by atoms with Crippen molar-refractivity contribution in [2.24, 2.45) is 0 Å². The van der Waals surface area contributed by atoms with E-state index < -0.39 is 16.0 Å². The fourth-order valence-electron chi connectivity index (χ4n) is 2.84. The van der Waals surface area contributed by atoms with Crippen LogP contribution in [0.15, 0.2) is 60.9 Å². The molecule has 146 valence electrons. The summed E-state index contributed by atoms with van der Waals surface area (Å²) in [5.41, 5.74) is 2.68. The molecule has 28 heavy (non-hydrogen) atoms. The molecule has 0 atom stereocenters. The second kappa shape index (κ2) is 8.37. The third-order valence-electron chi connectivity index (χ3n) is 4.29. The molecule has 0 saturated carbocycles. The topological polar surface area (TPSA) is 90.3 Å². The number of aromatic nitrogens is 2. The van der Waals surface area contributed by atoms with Gasteiger partial charge in [-0.15, -0.1) is 0 Å². The lowest BCUT2D eigenvalue weighted by atomic mass is 10.1. The highest BCUT2D eigenvalue weighted by Gasteiger charge is 2.14. The average Bonchev–Trinajstić information content (AvgIpc) is 3.12. The van der Waals surface area contributed by atoms with Crippen molar-refractivity contribution in [2.45, 2.75) is 19.2 Å². The molecule has 0 amide bonds. The zero-order chi connectivity index (χ0) is 20.1. The summed E-state index contributed by atoms with van der Waals surface area (Å²) in [6.45, 7) is 2.05. The Bertz CT molecular complexity index is 1070. The molecule has 3 rings (SSSR count). The minimum absolute atomic E-state index is 0.163. The van der Waals surface area contributed by atoms with Crippen LogP contribution >= 0.6 is 0 Å². The van der Waals surface area contributed by atoms with Crippen LogP contribution in [0, 0.1) is 6.92 Å². The maximum atomic E-state index is 12.5. The van der Waals surface area contributed by atoms with Gasteiger partial charge in [-0.1, -0.05) is 30.3 Å². The molecule has 0 unspecified atom stereocenters. The molecule has 1 aromatic heterocycles. The largest absolute Gasteiger partial charge is 0.465 e. The monoisotopic (exact) mass is 399 g/mol. The molecule has 7 nitrogen and oxygen atoms in total. The standard InChI is InChI=1S/C20H21N3O4S/c1-15-21-11-12-23(15)19-6-4-3-5-18(19)13-22-28(25,26)14-16-7-9-17(10-8-16)20(24)27-2/h3-12,22H,13-14H2,1-2H3. The summed E-state index contributed by atoms with van der Waals surface area (Å²) in [6, 6.07) is 13.9. The van der Waals surface area contributed by atoms with E-state index in [4.69, 9.17) is 0 Å². The van der Waals surface area contributed by atoms with E-state index in [-0.39, 0.29) is 12.3 Å². The molecule has 0 aliphatic carbocycles. The number of nitrogens with one attached hydrogen (secondary N) is 1. The van der Waals surface area contributed by atoms with Gasteiger partial charge >= 0.3 is 5.97 Å². The Morgan fingerprint density at radius 1 is 1.14 bits per heavy atom. The molecule has 0 radical (unpaired) electrons. The number of carbonyl (C=O) groups is 1. The van der Waals surface area contributed by atoms with Crippen LogP contribution in [-0.4, -0.2) is 31.0 Å². The van der Waals surface area contributed by atoms with Crippen molar-refractivity contribution in [3.05, 3.63) is 83.4 Å². The summed E-state index contributed by atoms with van der Waals surface area (Å²) >= 11 is 0. The van der Waals surface area contributed by atoms with Gasteiger partial charge in [0.15, 0.2) is 0 Å². The summed E-state index contributed by atoms with van der Waals surface area (Å²) in [4.78, 5) is 15.7. The molecule has 0 bridgehead atoms. The van der Waals surface area contributed by atoms with Crippen LogP contribution in [0.3, 0.4) is 0 Å². The van der Waals surface area contributed by atoms with Crippen molar-refractivity contribution in [1.29, 1.82) is 0 Å². The molecule has 1 N–H and O–H groups in total. The van der Waals surface area contributed by atoms with Crippen molar-refractivity contribution < 1.29 is 17.9 Å². The Kier molecular flexibility index (Phi) is 5.91. The van der Waals surface area contributed by atoms with Gasteiger partial charge in [0.1, 0.15) is 5.82 Å². The summed E-state index contributed by atoms with van der Waals surface area (Å²) in [7, 11) is -2.26. The van der Waals surface area contributed by atoms with Crippen LogP contribution in [0.4, 0.5) is 0 Å². The van der Waals surface area contributed by atoms with Crippen molar-refractivity contribution in [3.63, 3.8) is 0 Å². The predicted octanol–water partition coefficient (Wildman–Crippen LogP) is 2.59. The predicted molar refractivity (Wildman–Crippen MR) is 106 cm³/mol. The van der Waals surface area contributed by atoms with Crippen molar-refractivity contribution >= 4 is 16.0 Å². The lowest BCUT2D eigenvalue weighted by Gasteiger charge is -2.13. The maximum Gasteiger partial charge on any atom is 0.337 e. The van der Waals surface area contributed by atoms with Gasteiger partial charge in [-0.05, 0) is 36.2 Å². The zero-order valence-electron chi connectivity index (χ0n) is 15.6. The van der Waals surface area contributed by atoms with Crippen LogP contribution in [0.1, 0.15) is 27.3 Å². The van der Waals surface area contributed by atoms with E-state index in [1.807, 2.05) is 42.0 Å². The van der Waals surface area contributed by atoms with E-state index in [9.17, 15) is 13.2 Å². The number of ether oxygens (including phenoxy) is 1. The van der Waals surface area contributed by atoms with E-state index in [0.717, 1.165) is 17.1 Å². The maximum absolute atomic E-state index is 12.5. The van der Waals surface area contributed by atoms with E-state index in [2.05, 4.69) is 14.4 Å². The first-order chi connectivity index (χ1) is 13.4. The summed E-state index contributed by atoms with van der Waals surface area (Å²) < 4.78 is 34.2. The van der Waals surface area contributed by atoms with Crippen molar-refractivity contribution in [3.8, 4) is 5.69 Å². The van der Waals surface area contributed by atoms with Crippen molar-refractivity contribution in [1.82, 2.24) is 14.3 Å². The van der Waals surface area contributed by atoms with Gasteiger partial charge < -0.3 is 9.30 Å². The second-order valence-electron chi connectivity index (χ2n) is 6.24. The van der Waals surface area contributed by atoms with Crippen LogP contribution in [0.5, 0.6) is 0 Å². The Morgan fingerprint density at radius 2 is 1.86 bits per heavy atom. The number of benzene rings is 2. The number of nitrogens with zero attached hydrogens (tertiary/aromatic N) is 2. The van der Waals surface area contributed by atoms with Gasteiger partial charge in [0.2, 0.25) is 10.0 Å². The smallest absolute Gasteiger partial charge is 0.337 e. The highest BCUT2D eigenvalue weighted by Crippen LogP contribution is 2.17. The molecule has 0 aliphatic rings. The number of esters is 1. The molecule has 8 heteroatoms. The van der Waals surface area contributed by atoms with Crippen LogP contribution in [-0.2, 0) is 27.1 Å². The zero-order valence-corrected chi connectivity index (χ0v) is 16.4. The van der Waals surface area contributed by atoms with Gasteiger partial charge in [-0.3, -0.25) is 0 Å². The first kappa shape index (κ1) is 19.8. The summed E-state index contributed by atoms with van der Waals surface area (Å²) in [5.74, 6) is 0.181. The number of aryl methyl sites for hydroxylation is 1. The van der Waals surface area contributed by atoms with Gasteiger partial charge in [-0.25, -0.2) is 22.9 Å². The molecular formula is C20H21N3O4S. The molecule has 3 aromatic rings. The number of carbonyl (C=O) groups excluding carboxylic acids is 1. The molecule has 0 spiro atoms. The van der Waals surface area contributed by atoms with Crippen LogP contribution in [0.2, 0.25) is 0 Å².